The summed E-state index contributed by atoms with van der Waals surface area (Å²) in [5.41, 5.74) is 6.22. The van der Waals surface area contributed by atoms with Crippen LogP contribution >= 0.6 is 0 Å². The van der Waals surface area contributed by atoms with Crippen LogP contribution in [0.2, 0.25) is 0 Å². The molecule has 1 amide bonds. The van der Waals surface area contributed by atoms with Crippen molar-refractivity contribution >= 4 is 6.09 Å². The number of hydrogen-bond donors (Lipinski definition) is 3. The maximum atomic E-state index is 10.4. The Kier molecular flexibility index (Phi) is 4.56. The highest BCUT2D eigenvalue weighted by Crippen LogP contribution is 2.24. The lowest BCUT2D eigenvalue weighted by Crippen LogP contribution is -2.36. The van der Waals surface area contributed by atoms with E-state index in [4.69, 9.17) is 15.6 Å². The summed E-state index contributed by atoms with van der Waals surface area (Å²) in [5, 5.41) is 22.8. The summed E-state index contributed by atoms with van der Waals surface area (Å²) >= 11 is 0. The predicted octanol–water partition coefficient (Wildman–Crippen LogP) is 0.172. The Hall–Kier alpha value is -2.68. The predicted molar refractivity (Wildman–Crippen MR) is 77.5 cm³/mol. The number of nitrogens with two attached hydrogens (primary N) is 1. The highest BCUT2D eigenvalue weighted by Gasteiger charge is 2.29. The first-order valence-corrected chi connectivity index (χ1v) is 6.62. The van der Waals surface area contributed by atoms with Crippen molar-refractivity contribution in [3.63, 3.8) is 0 Å². The molecule has 4 N–H and O–H groups in total. The first-order chi connectivity index (χ1) is 10.4. The molecule has 0 bridgehead atoms. The number of benzene rings is 1. The van der Waals surface area contributed by atoms with Crippen molar-refractivity contribution in [3.05, 3.63) is 35.7 Å². The average Bonchev–Trinajstić information content (AvgIpc) is 2.96. The topological polar surface area (TPSA) is 128 Å². The summed E-state index contributed by atoms with van der Waals surface area (Å²) in [4.78, 5) is 11.7. The van der Waals surface area contributed by atoms with E-state index in [9.17, 15) is 4.79 Å². The molecule has 1 atom stereocenters. The van der Waals surface area contributed by atoms with Crippen LogP contribution in [0.3, 0.4) is 0 Å². The highest BCUT2D eigenvalue weighted by atomic mass is 16.5. The molecule has 0 spiro atoms. The standard InChI is InChI=1S/C13H18N6O3/c1-13(14,9-3-5-10(22-2)6-4-9)11-16-18-19(17-11)8-7-15-12(20)21/h3-6,15H,7-8,14H2,1-2H3,(H,20,21). The number of rotatable bonds is 6. The van der Waals surface area contributed by atoms with Crippen LogP contribution in [-0.2, 0) is 12.1 Å². The van der Waals surface area contributed by atoms with E-state index in [2.05, 4.69) is 20.7 Å². The lowest BCUT2D eigenvalue weighted by Gasteiger charge is -2.21. The summed E-state index contributed by atoms with van der Waals surface area (Å²) in [6, 6.07) is 7.29. The van der Waals surface area contributed by atoms with Gasteiger partial charge in [-0.05, 0) is 29.8 Å². The fraction of sp³-hybridized carbons (Fsp3) is 0.385. The van der Waals surface area contributed by atoms with Crippen molar-refractivity contribution in [3.8, 4) is 5.75 Å². The number of carboxylic acid groups (broad SMARTS) is 1. The van der Waals surface area contributed by atoms with E-state index in [1.807, 2.05) is 24.3 Å². The molecule has 0 saturated carbocycles. The molecule has 9 nitrogen and oxygen atoms in total. The van der Waals surface area contributed by atoms with E-state index >= 15 is 0 Å². The minimum absolute atomic E-state index is 0.189. The van der Waals surface area contributed by atoms with Crippen molar-refractivity contribution in [2.45, 2.75) is 19.0 Å². The number of nitrogens with one attached hydrogen (secondary N) is 1. The average molecular weight is 306 g/mol. The van der Waals surface area contributed by atoms with Crippen LogP contribution in [0.4, 0.5) is 4.79 Å². The van der Waals surface area contributed by atoms with Crippen LogP contribution in [0.5, 0.6) is 5.75 Å². The number of nitrogens with zero attached hydrogens (tertiary/aromatic N) is 4. The zero-order valence-corrected chi connectivity index (χ0v) is 12.4. The van der Waals surface area contributed by atoms with Crippen LogP contribution in [0.15, 0.2) is 24.3 Å². The van der Waals surface area contributed by atoms with E-state index in [0.29, 0.717) is 5.82 Å². The minimum atomic E-state index is -1.10. The van der Waals surface area contributed by atoms with Gasteiger partial charge in [-0.15, -0.1) is 10.2 Å². The van der Waals surface area contributed by atoms with E-state index < -0.39 is 11.6 Å². The van der Waals surface area contributed by atoms with Crippen molar-refractivity contribution in [2.75, 3.05) is 13.7 Å². The lowest BCUT2D eigenvalue weighted by molar-refractivity contribution is 0.193. The van der Waals surface area contributed by atoms with E-state index in [-0.39, 0.29) is 13.1 Å². The molecular formula is C13H18N6O3. The molecule has 2 rings (SSSR count). The van der Waals surface area contributed by atoms with Gasteiger partial charge in [-0.1, -0.05) is 12.1 Å². The van der Waals surface area contributed by atoms with Gasteiger partial charge in [-0.3, -0.25) is 0 Å². The Balaban J connectivity index is 2.11. The molecule has 0 aliphatic carbocycles. The number of hydrogen-bond acceptors (Lipinski definition) is 6. The second-order valence-corrected chi connectivity index (χ2v) is 4.87. The molecule has 0 aliphatic rings. The number of carbonyl (C=O) groups is 1. The summed E-state index contributed by atoms with van der Waals surface area (Å²) in [7, 11) is 1.59. The number of ether oxygens (including phenoxy) is 1. The fourth-order valence-electron chi connectivity index (χ4n) is 1.87. The second kappa shape index (κ2) is 6.39. The molecule has 118 valence electrons. The molecule has 1 heterocycles. The van der Waals surface area contributed by atoms with Gasteiger partial charge >= 0.3 is 6.09 Å². The lowest BCUT2D eigenvalue weighted by atomic mass is 9.92. The van der Waals surface area contributed by atoms with Gasteiger partial charge in [0.1, 0.15) is 11.3 Å². The number of tetrazole rings is 1. The van der Waals surface area contributed by atoms with Crippen LogP contribution < -0.4 is 15.8 Å². The molecule has 0 fully saturated rings. The van der Waals surface area contributed by atoms with Crippen LogP contribution in [0.25, 0.3) is 0 Å². The Morgan fingerprint density at radius 2 is 2.14 bits per heavy atom. The van der Waals surface area contributed by atoms with Gasteiger partial charge in [0.15, 0.2) is 5.82 Å². The molecule has 1 unspecified atom stereocenters. The first kappa shape index (κ1) is 15.7. The number of aromatic nitrogens is 4. The van der Waals surface area contributed by atoms with Gasteiger partial charge in [0.25, 0.3) is 0 Å². The van der Waals surface area contributed by atoms with Crippen molar-refractivity contribution in [1.82, 2.24) is 25.5 Å². The molecule has 1 aromatic carbocycles. The Morgan fingerprint density at radius 1 is 1.45 bits per heavy atom. The van der Waals surface area contributed by atoms with Gasteiger partial charge in [-0.2, -0.15) is 4.80 Å². The molecule has 1 aromatic heterocycles. The quantitative estimate of drug-likeness (QED) is 0.694. The molecule has 2 aromatic rings. The second-order valence-electron chi connectivity index (χ2n) is 4.87. The summed E-state index contributed by atoms with van der Waals surface area (Å²) < 4.78 is 5.11. The molecule has 0 aliphatic heterocycles. The van der Waals surface area contributed by atoms with Crippen molar-refractivity contribution in [1.29, 1.82) is 0 Å². The van der Waals surface area contributed by atoms with Crippen molar-refractivity contribution < 1.29 is 14.6 Å². The monoisotopic (exact) mass is 306 g/mol. The number of methoxy groups -OCH3 is 1. The third-order valence-corrected chi connectivity index (χ3v) is 3.20. The third kappa shape index (κ3) is 3.50. The van der Waals surface area contributed by atoms with Crippen LogP contribution in [-0.4, -0.2) is 45.1 Å². The third-order valence-electron chi connectivity index (χ3n) is 3.20. The molecular weight excluding hydrogens is 288 g/mol. The maximum absolute atomic E-state index is 10.4. The van der Waals surface area contributed by atoms with Crippen LogP contribution in [0, 0.1) is 0 Å². The molecule has 0 radical (unpaired) electrons. The van der Waals surface area contributed by atoms with Crippen LogP contribution in [0.1, 0.15) is 18.3 Å². The van der Waals surface area contributed by atoms with Crippen molar-refractivity contribution in [2.24, 2.45) is 5.73 Å². The van der Waals surface area contributed by atoms with Gasteiger partial charge in [0, 0.05) is 6.54 Å². The fourth-order valence-corrected chi connectivity index (χ4v) is 1.87. The largest absolute Gasteiger partial charge is 0.497 e. The van der Waals surface area contributed by atoms with E-state index in [0.717, 1.165) is 11.3 Å². The zero-order chi connectivity index (χ0) is 16.2. The molecule has 9 heteroatoms. The molecule has 22 heavy (non-hydrogen) atoms. The van der Waals surface area contributed by atoms with E-state index in [1.54, 1.807) is 14.0 Å². The Bertz CT molecular complexity index is 637. The van der Waals surface area contributed by atoms with E-state index in [1.165, 1.54) is 4.80 Å². The zero-order valence-electron chi connectivity index (χ0n) is 12.4. The SMILES string of the molecule is COc1ccc(C(C)(N)c2nnn(CCNC(=O)O)n2)cc1. The molecule has 0 saturated heterocycles. The maximum Gasteiger partial charge on any atom is 0.404 e. The van der Waals surface area contributed by atoms with Gasteiger partial charge in [-0.25, -0.2) is 4.79 Å². The Morgan fingerprint density at radius 3 is 2.73 bits per heavy atom. The summed E-state index contributed by atoms with van der Waals surface area (Å²) in [5.74, 6) is 1.09. The minimum Gasteiger partial charge on any atom is -0.497 e. The first-order valence-electron chi connectivity index (χ1n) is 6.62. The van der Waals surface area contributed by atoms with Gasteiger partial charge in [0.2, 0.25) is 0 Å². The van der Waals surface area contributed by atoms with Gasteiger partial charge in [0.05, 0.1) is 13.7 Å². The summed E-state index contributed by atoms with van der Waals surface area (Å²) in [6.45, 7) is 2.25. The number of amides is 1. The van der Waals surface area contributed by atoms with Gasteiger partial charge < -0.3 is 20.9 Å². The highest BCUT2D eigenvalue weighted by molar-refractivity contribution is 5.64. The smallest absolute Gasteiger partial charge is 0.404 e. The Labute approximate surface area is 127 Å². The summed E-state index contributed by atoms with van der Waals surface area (Å²) in [6.07, 6.45) is -1.10. The normalized spacial score (nSPS) is 13.4.